The Bertz CT molecular complexity index is 285. The van der Waals surface area contributed by atoms with E-state index in [4.69, 9.17) is 0 Å². The van der Waals surface area contributed by atoms with Crippen LogP contribution in [-0.2, 0) is 11.2 Å². The van der Waals surface area contributed by atoms with Gasteiger partial charge in [0.2, 0.25) is 0 Å². The Morgan fingerprint density at radius 2 is 2.21 bits per heavy atom. The van der Waals surface area contributed by atoms with Crippen molar-refractivity contribution in [2.75, 3.05) is 0 Å². The van der Waals surface area contributed by atoms with E-state index in [0.29, 0.717) is 12.2 Å². The van der Waals surface area contributed by atoms with E-state index in [9.17, 15) is 4.79 Å². The Labute approximate surface area is 90.2 Å². The summed E-state index contributed by atoms with van der Waals surface area (Å²) in [5, 5.41) is 2.06. The first-order valence-corrected chi connectivity index (χ1v) is 6.00. The van der Waals surface area contributed by atoms with E-state index in [1.807, 2.05) is 19.9 Å². The van der Waals surface area contributed by atoms with Crippen LogP contribution in [0.5, 0.6) is 0 Å². The number of rotatable bonds is 5. The highest BCUT2D eigenvalue weighted by Crippen LogP contribution is 2.24. The zero-order valence-corrected chi connectivity index (χ0v) is 9.99. The second kappa shape index (κ2) is 4.74. The fourth-order valence-corrected chi connectivity index (χ4v) is 1.94. The number of carbonyl (C=O) groups is 1. The van der Waals surface area contributed by atoms with Crippen LogP contribution in [0.1, 0.15) is 38.5 Å². The standard InChI is InChI=1S/C12H18OS/c1-4-12(2,3)11(13)8-7-10-6-5-9-14-10/h5-6,9H,4,7-8H2,1-3H3. The van der Waals surface area contributed by atoms with Gasteiger partial charge < -0.3 is 0 Å². The lowest BCUT2D eigenvalue weighted by Gasteiger charge is -2.20. The maximum atomic E-state index is 11.8. The molecule has 0 unspecified atom stereocenters. The third-order valence-electron chi connectivity index (χ3n) is 2.82. The van der Waals surface area contributed by atoms with Crippen molar-refractivity contribution in [1.82, 2.24) is 0 Å². The molecular weight excluding hydrogens is 192 g/mol. The number of carbonyl (C=O) groups excluding carboxylic acids is 1. The highest BCUT2D eigenvalue weighted by molar-refractivity contribution is 7.09. The Kier molecular flexibility index (Phi) is 3.87. The largest absolute Gasteiger partial charge is 0.299 e. The van der Waals surface area contributed by atoms with E-state index in [-0.39, 0.29) is 5.41 Å². The maximum absolute atomic E-state index is 11.8. The SMILES string of the molecule is CCC(C)(C)C(=O)CCc1cccs1. The number of thiophene rings is 1. The summed E-state index contributed by atoms with van der Waals surface area (Å²) in [7, 11) is 0. The van der Waals surface area contributed by atoms with Crippen molar-refractivity contribution < 1.29 is 4.79 Å². The molecule has 0 saturated heterocycles. The van der Waals surface area contributed by atoms with Gasteiger partial charge in [-0.2, -0.15) is 0 Å². The Morgan fingerprint density at radius 3 is 2.71 bits per heavy atom. The third kappa shape index (κ3) is 2.95. The molecule has 78 valence electrons. The summed E-state index contributed by atoms with van der Waals surface area (Å²) in [5.74, 6) is 0.383. The van der Waals surface area contributed by atoms with Crippen LogP contribution in [-0.4, -0.2) is 5.78 Å². The molecule has 1 nitrogen and oxygen atoms in total. The summed E-state index contributed by atoms with van der Waals surface area (Å²) in [4.78, 5) is 13.1. The average molecular weight is 210 g/mol. The van der Waals surface area contributed by atoms with Crippen LogP contribution >= 0.6 is 11.3 Å². The summed E-state index contributed by atoms with van der Waals surface area (Å²) in [6, 6.07) is 4.13. The van der Waals surface area contributed by atoms with Gasteiger partial charge in [-0.25, -0.2) is 0 Å². The van der Waals surface area contributed by atoms with Gasteiger partial charge in [0.15, 0.2) is 0 Å². The topological polar surface area (TPSA) is 17.1 Å². The molecule has 0 N–H and O–H groups in total. The zero-order valence-electron chi connectivity index (χ0n) is 9.17. The van der Waals surface area contributed by atoms with Gasteiger partial charge in [0.25, 0.3) is 0 Å². The Morgan fingerprint density at radius 1 is 1.50 bits per heavy atom. The lowest BCUT2D eigenvalue weighted by molar-refractivity contribution is -0.127. The Hall–Kier alpha value is -0.630. The minimum Gasteiger partial charge on any atom is -0.299 e. The van der Waals surface area contributed by atoms with Crippen molar-refractivity contribution in [3.05, 3.63) is 22.4 Å². The van der Waals surface area contributed by atoms with Crippen LogP contribution in [0.15, 0.2) is 17.5 Å². The molecule has 0 radical (unpaired) electrons. The van der Waals surface area contributed by atoms with E-state index in [0.717, 1.165) is 12.8 Å². The van der Waals surface area contributed by atoms with Gasteiger partial charge in [0, 0.05) is 16.7 Å². The molecule has 0 fully saturated rings. The van der Waals surface area contributed by atoms with E-state index in [1.54, 1.807) is 11.3 Å². The summed E-state index contributed by atoms with van der Waals surface area (Å²) in [6.07, 6.45) is 2.51. The van der Waals surface area contributed by atoms with Crippen LogP contribution in [0.2, 0.25) is 0 Å². The number of hydrogen-bond acceptors (Lipinski definition) is 2. The van der Waals surface area contributed by atoms with E-state index in [2.05, 4.69) is 18.4 Å². The highest BCUT2D eigenvalue weighted by atomic mass is 32.1. The average Bonchev–Trinajstić information content (AvgIpc) is 2.66. The normalized spacial score (nSPS) is 11.6. The molecule has 0 bridgehead atoms. The molecule has 0 amide bonds. The molecule has 14 heavy (non-hydrogen) atoms. The molecule has 0 saturated carbocycles. The lowest BCUT2D eigenvalue weighted by Crippen LogP contribution is -2.23. The van der Waals surface area contributed by atoms with Gasteiger partial charge in [0.1, 0.15) is 5.78 Å². The van der Waals surface area contributed by atoms with Gasteiger partial charge in [-0.15, -0.1) is 11.3 Å². The first-order chi connectivity index (χ1) is 6.56. The smallest absolute Gasteiger partial charge is 0.138 e. The molecule has 0 aliphatic heterocycles. The van der Waals surface area contributed by atoms with E-state index < -0.39 is 0 Å². The molecule has 1 aromatic heterocycles. The van der Waals surface area contributed by atoms with Crippen molar-refractivity contribution >= 4 is 17.1 Å². The number of ketones is 1. The fraction of sp³-hybridized carbons (Fsp3) is 0.583. The molecule has 1 rings (SSSR count). The Balaban J connectivity index is 2.43. The molecule has 0 aliphatic rings. The van der Waals surface area contributed by atoms with Crippen molar-refractivity contribution in [3.8, 4) is 0 Å². The van der Waals surface area contributed by atoms with E-state index in [1.165, 1.54) is 4.88 Å². The summed E-state index contributed by atoms with van der Waals surface area (Å²) in [5.41, 5.74) is -0.142. The molecule has 1 heterocycles. The van der Waals surface area contributed by atoms with Crippen LogP contribution in [0.3, 0.4) is 0 Å². The molecule has 1 aromatic rings. The predicted molar refractivity (Wildman–Crippen MR) is 61.7 cm³/mol. The minimum atomic E-state index is -0.142. The van der Waals surface area contributed by atoms with Crippen molar-refractivity contribution in [2.24, 2.45) is 5.41 Å². The van der Waals surface area contributed by atoms with Crippen molar-refractivity contribution in [3.63, 3.8) is 0 Å². The van der Waals surface area contributed by atoms with Gasteiger partial charge in [-0.3, -0.25) is 4.79 Å². The van der Waals surface area contributed by atoms with Gasteiger partial charge in [-0.05, 0) is 24.3 Å². The second-order valence-corrected chi connectivity index (χ2v) is 5.27. The van der Waals surface area contributed by atoms with Crippen molar-refractivity contribution in [1.29, 1.82) is 0 Å². The van der Waals surface area contributed by atoms with Crippen molar-refractivity contribution in [2.45, 2.75) is 40.0 Å². The molecular formula is C12H18OS. The molecule has 0 aromatic carbocycles. The molecule has 0 aliphatic carbocycles. The van der Waals surface area contributed by atoms with E-state index >= 15 is 0 Å². The lowest BCUT2D eigenvalue weighted by atomic mass is 9.83. The van der Waals surface area contributed by atoms with Gasteiger partial charge >= 0.3 is 0 Å². The maximum Gasteiger partial charge on any atom is 0.138 e. The van der Waals surface area contributed by atoms with Crippen LogP contribution in [0, 0.1) is 5.41 Å². The fourth-order valence-electron chi connectivity index (χ4n) is 1.23. The zero-order chi connectivity index (χ0) is 10.6. The summed E-state index contributed by atoms with van der Waals surface area (Å²) < 4.78 is 0. The molecule has 2 heteroatoms. The van der Waals surface area contributed by atoms with Gasteiger partial charge in [-0.1, -0.05) is 26.8 Å². The third-order valence-corrected chi connectivity index (χ3v) is 3.75. The predicted octanol–water partition coefficient (Wildman–Crippen LogP) is 3.69. The van der Waals surface area contributed by atoms with Crippen LogP contribution in [0.4, 0.5) is 0 Å². The van der Waals surface area contributed by atoms with Gasteiger partial charge in [0.05, 0.1) is 0 Å². The first-order valence-electron chi connectivity index (χ1n) is 5.12. The second-order valence-electron chi connectivity index (χ2n) is 4.24. The molecule has 0 spiro atoms. The molecule has 0 atom stereocenters. The number of aryl methyl sites for hydroxylation is 1. The summed E-state index contributed by atoms with van der Waals surface area (Å²) in [6.45, 7) is 6.14. The minimum absolute atomic E-state index is 0.142. The first kappa shape index (κ1) is 11.4. The monoisotopic (exact) mass is 210 g/mol. The highest BCUT2D eigenvalue weighted by Gasteiger charge is 2.24. The van der Waals surface area contributed by atoms with Crippen LogP contribution < -0.4 is 0 Å². The quantitative estimate of drug-likeness (QED) is 0.724. The number of Topliss-reactive ketones (excluding diaryl/α,β-unsaturated/α-hetero) is 1. The van der Waals surface area contributed by atoms with Crippen LogP contribution in [0.25, 0.3) is 0 Å². The summed E-state index contributed by atoms with van der Waals surface area (Å²) >= 11 is 1.73. The number of hydrogen-bond donors (Lipinski definition) is 0.